The molecule has 4 fully saturated rings. The van der Waals surface area contributed by atoms with E-state index in [1.165, 1.54) is 25.7 Å². The lowest BCUT2D eigenvalue weighted by Crippen LogP contribution is -2.67. The van der Waals surface area contributed by atoms with Crippen molar-refractivity contribution in [2.45, 2.75) is 103 Å². The molecule has 0 bridgehead atoms. The molecule has 2 saturated heterocycles. The maximum Gasteiger partial charge on any atom is 0.410 e. The van der Waals surface area contributed by atoms with Gasteiger partial charge in [0.1, 0.15) is 0 Å². The molecule has 32 heavy (non-hydrogen) atoms. The lowest BCUT2D eigenvalue weighted by atomic mass is 9.68. The van der Waals surface area contributed by atoms with Gasteiger partial charge in [0.25, 0.3) is 0 Å². The van der Waals surface area contributed by atoms with Crippen molar-refractivity contribution in [3.8, 4) is 0 Å². The van der Waals surface area contributed by atoms with Gasteiger partial charge in [-0.2, -0.15) is 0 Å². The van der Waals surface area contributed by atoms with Crippen molar-refractivity contribution in [1.29, 1.82) is 0 Å². The molecule has 2 saturated carbocycles. The van der Waals surface area contributed by atoms with Gasteiger partial charge in [0, 0.05) is 38.6 Å². The summed E-state index contributed by atoms with van der Waals surface area (Å²) in [7, 11) is 0. The molecule has 7 heteroatoms. The zero-order valence-corrected chi connectivity index (χ0v) is 20.5. The van der Waals surface area contributed by atoms with Crippen LogP contribution in [0.1, 0.15) is 72.6 Å². The third-order valence-corrected chi connectivity index (χ3v) is 8.42. The molecular formula is C25H43N3O4. The topological polar surface area (TPSA) is 62.3 Å². The summed E-state index contributed by atoms with van der Waals surface area (Å²) >= 11 is 0. The Bertz CT molecular complexity index is 658. The third-order valence-electron chi connectivity index (χ3n) is 8.42. The first-order chi connectivity index (χ1) is 15.3. The molecule has 3 unspecified atom stereocenters. The number of carbonyl (C=O) groups excluding carboxylic acids is 2. The van der Waals surface area contributed by atoms with Gasteiger partial charge in [-0.1, -0.05) is 0 Å². The van der Waals surface area contributed by atoms with Gasteiger partial charge in [-0.25, -0.2) is 4.79 Å². The number of amides is 2. The Morgan fingerprint density at radius 3 is 2.22 bits per heavy atom. The average molecular weight is 450 g/mol. The normalized spacial score (nSPS) is 36.7. The number of hydrogen-bond acceptors (Lipinski definition) is 5. The number of nitrogens with zero attached hydrogens (tertiary/aromatic N) is 3. The largest absolute Gasteiger partial charge is 0.447 e. The molecule has 0 N–H and O–H groups in total. The summed E-state index contributed by atoms with van der Waals surface area (Å²) in [6.07, 6.45) is 7.96. The van der Waals surface area contributed by atoms with Crippen LogP contribution in [0, 0.1) is 11.8 Å². The van der Waals surface area contributed by atoms with E-state index in [-0.39, 0.29) is 36.2 Å². The van der Waals surface area contributed by atoms with Crippen LogP contribution in [0.3, 0.4) is 0 Å². The summed E-state index contributed by atoms with van der Waals surface area (Å²) in [5.41, 5.74) is 0. The zero-order chi connectivity index (χ0) is 22.8. The van der Waals surface area contributed by atoms with Crippen molar-refractivity contribution < 1.29 is 19.1 Å². The van der Waals surface area contributed by atoms with Crippen LogP contribution >= 0.6 is 0 Å². The first kappa shape index (κ1) is 23.8. The van der Waals surface area contributed by atoms with Gasteiger partial charge in [0.05, 0.1) is 31.4 Å². The molecule has 2 aliphatic heterocycles. The molecule has 0 aromatic carbocycles. The van der Waals surface area contributed by atoms with Gasteiger partial charge >= 0.3 is 6.09 Å². The Labute approximate surface area is 193 Å². The van der Waals surface area contributed by atoms with Crippen LogP contribution in [0.15, 0.2) is 0 Å². The van der Waals surface area contributed by atoms with E-state index in [0.717, 1.165) is 51.5 Å². The molecule has 4 aliphatic rings. The predicted octanol–water partition coefficient (Wildman–Crippen LogP) is 3.51. The van der Waals surface area contributed by atoms with Crippen LogP contribution in [0.2, 0.25) is 0 Å². The zero-order valence-electron chi connectivity index (χ0n) is 20.5. The van der Waals surface area contributed by atoms with Gasteiger partial charge in [-0.15, -0.1) is 0 Å². The SMILES string of the molecule is CC(=O)N1C2CCC(C3CCC(N4CCOCC4)CC3)CC2N(C(=O)OC(C)C)C[C@@H]1C. The maximum atomic E-state index is 13.0. The van der Waals surface area contributed by atoms with Crippen molar-refractivity contribution in [3.63, 3.8) is 0 Å². The first-order valence-corrected chi connectivity index (χ1v) is 12.9. The highest BCUT2D eigenvalue weighted by molar-refractivity contribution is 5.75. The number of piperazine rings is 1. The van der Waals surface area contributed by atoms with Crippen LogP contribution in [0.5, 0.6) is 0 Å². The Morgan fingerprint density at radius 2 is 1.59 bits per heavy atom. The van der Waals surface area contributed by atoms with Crippen LogP contribution < -0.4 is 0 Å². The number of morpholine rings is 1. The van der Waals surface area contributed by atoms with E-state index in [1.807, 2.05) is 18.7 Å². The second kappa shape index (κ2) is 10.3. The highest BCUT2D eigenvalue weighted by Gasteiger charge is 2.48. The monoisotopic (exact) mass is 449 g/mol. The molecule has 2 aliphatic carbocycles. The number of rotatable bonds is 3. The van der Waals surface area contributed by atoms with Crippen LogP contribution in [0.25, 0.3) is 0 Å². The standard InChI is InChI=1S/C25H43N3O4/c1-17(2)32-25(30)27-16-18(3)28(19(4)29)23-10-7-21(15-24(23)27)20-5-8-22(9-6-20)26-11-13-31-14-12-26/h17-18,20-24H,5-16H2,1-4H3/t18-,20?,21?,22?,23?,24?/m0/s1. The molecule has 4 rings (SSSR count). The molecule has 0 spiro atoms. The summed E-state index contributed by atoms with van der Waals surface area (Å²) < 4.78 is 11.1. The van der Waals surface area contributed by atoms with E-state index in [4.69, 9.17) is 9.47 Å². The number of carbonyl (C=O) groups is 2. The van der Waals surface area contributed by atoms with E-state index in [0.29, 0.717) is 18.5 Å². The molecular weight excluding hydrogens is 406 g/mol. The van der Waals surface area contributed by atoms with E-state index in [2.05, 4.69) is 16.7 Å². The van der Waals surface area contributed by atoms with Gasteiger partial charge < -0.3 is 19.3 Å². The lowest BCUT2D eigenvalue weighted by molar-refractivity contribution is -0.142. The van der Waals surface area contributed by atoms with E-state index < -0.39 is 0 Å². The summed E-state index contributed by atoms with van der Waals surface area (Å²) in [5, 5.41) is 0. The Hall–Kier alpha value is -1.34. The van der Waals surface area contributed by atoms with Crippen molar-refractivity contribution in [2.24, 2.45) is 11.8 Å². The number of ether oxygens (including phenoxy) is 2. The van der Waals surface area contributed by atoms with E-state index >= 15 is 0 Å². The molecule has 0 radical (unpaired) electrons. The Balaban J connectivity index is 1.41. The minimum absolute atomic E-state index is 0.0361. The highest BCUT2D eigenvalue weighted by atomic mass is 16.6. The minimum atomic E-state index is -0.207. The predicted molar refractivity (Wildman–Crippen MR) is 123 cm³/mol. The Kier molecular flexibility index (Phi) is 7.65. The van der Waals surface area contributed by atoms with Crippen molar-refractivity contribution in [2.75, 3.05) is 32.8 Å². The van der Waals surface area contributed by atoms with Gasteiger partial charge in [-0.05, 0) is 77.6 Å². The van der Waals surface area contributed by atoms with Crippen molar-refractivity contribution >= 4 is 12.0 Å². The van der Waals surface area contributed by atoms with Gasteiger partial charge in [0.15, 0.2) is 0 Å². The van der Waals surface area contributed by atoms with Crippen LogP contribution in [0.4, 0.5) is 4.79 Å². The lowest BCUT2D eigenvalue weighted by Gasteiger charge is -2.54. The first-order valence-electron chi connectivity index (χ1n) is 12.9. The molecule has 7 nitrogen and oxygen atoms in total. The van der Waals surface area contributed by atoms with Crippen LogP contribution in [-0.4, -0.2) is 89.8 Å². The summed E-state index contributed by atoms with van der Waals surface area (Å²) in [6.45, 7) is 12.0. The maximum absolute atomic E-state index is 13.0. The van der Waals surface area contributed by atoms with Crippen molar-refractivity contribution in [3.05, 3.63) is 0 Å². The molecule has 2 amide bonds. The quantitative estimate of drug-likeness (QED) is 0.660. The molecule has 2 heterocycles. The molecule has 0 aromatic heterocycles. The fraction of sp³-hybridized carbons (Fsp3) is 0.920. The summed E-state index contributed by atoms with van der Waals surface area (Å²) in [5.74, 6) is 1.51. The minimum Gasteiger partial charge on any atom is -0.447 e. The average Bonchev–Trinajstić information content (AvgIpc) is 2.78. The summed E-state index contributed by atoms with van der Waals surface area (Å²) in [6, 6.07) is 0.954. The van der Waals surface area contributed by atoms with Gasteiger partial charge in [-0.3, -0.25) is 9.69 Å². The fourth-order valence-electron chi connectivity index (χ4n) is 6.99. The van der Waals surface area contributed by atoms with Crippen LogP contribution in [-0.2, 0) is 14.3 Å². The number of hydrogen-bond donors (Lipinski definition) is 0. The van der Waals surface area contributed by atoms with E-state index in [9.17, 15) is 9.59 Å². The summed E-state index contributed by atoms with van der Waals surface area (Å²) in [4.78, 5) is 32.1. The van der Waals surface area contributed by atoms with Crippen molar-refractivity contribution in [1.82, 2.24) is 14.7 Å². The third kappa shape index (κ3) is 5.09. The number of fused-ring (bicyclic) bond motifs is 1. The second-order valence-corrected chi connectivity index (χ2v) is 10.8. The smallest absolute Gasteiger partial charge is 0.410 e. The Morgan fingerprint density at radius 1 is 0.938 bits per heavy atom. The molecule has 4 atom stereocenters. The second-order valence-electron chi connectivity index (χ2n) is 10.8. The fourth-order valence-corrected chi connectivity index (χ4v) is 6.99. The molecule has 0 aromatic rings. The highest BCUT2D eigenvalue weighted by Crippen LogP contribution is 2.43. The van der Waals surface area contributed by atoms with Gasteiger partial charge in [0.2, 0.25) is 5.91 Å². The molecule has 182 valence electrons. The van der Waals surface area contributed by atoms with E-state index in [1.54, 1.807) is 6.92 Å².